The Morgan fingerprint density at radius 3 is 2.47 bits per heavy atom. The van der Waals surface area contributed by atoms with Gasteiger partial charge in [-0.25, -0.2) is 13.1 Å². The number of rotatable bonds is 8. The first-order chi connectivity index (χ1) is 7.77. The summed E-state index contributed by atoms with van der Waals surface area (Å²) in [7, 11) is -3.16. The smallest absolute Gasteiger partial charge is 0.211 e. The van der Waals surface area contributed by atoms with Crippen LogP contribution in [-0.4, -0.2) is 27.3 Å². The van der Waals surface area contributed by atoms with Crippen molar-refractivity contribution >= 4 is 10.0 Å². The van der Waals surface area contributed by atoms with Gasteiger partial charge in [-0.3, -0.25) is 0 Å². The second-order valence-electron chi connectivity index (χ2n) is 5.19. The number of sulfonamides is 1. The molecule has 17 heavy (non-hydrogen) atoms. The Hall–Kier alpha value is -0.780. The maximum atomic E-state index is 11.6. The molecule has 0 bridgehead atoms. The third-order valence-electron chi connectivity index (χ3n) is 2.19. The minimum Gasteiger partial charge on any atom is -0.215 e. The zero-order valence-electron chi connectivity index (χ0n) is 10.8. The van der Waals surface area contributed by atoms with Crippen LogP contribution in [-0.2, 0) is 10.0 Å². The highest BCUT2D eigenvalue weighted by Crippen LogP contribution is 2.18. The zero-order chi connectivity index (χ0) is 13.4. The number of nitrogens with one attached hydrogen (secondary N) is 1. The van der Waals surface area contributed by atoms with Gasteiger partial charge >= 0.3 is 0 Å². The number of azide groups is 1. The fourth-order valence-corrected chi connectivity index (χ4v) is 2.57. The molecule has 1 N–H and O–H groups in total. The average molecular weight is 262 g/mol. The summed E-state index contributed by atoms with van der Waals surface area (Å²) in [5.41, 5.74) is 8.07. The molecule has 100 valence electrons. The first-order valence-corrected chi connectivity index (χ1v) is 7.40. The lowest BCUT2D eigenvalue weighted by Gasteiger charge is -2.17. The van der Waals surface area contributed by atoms with Crippen LogP contribution >= 0.6 is 0 Å². The third kappa shape index (κ3) is 11.5. The molecule has 0 unspecified atom stereocenters. The van der Waals surface area contributed by atoms with Crippen LogP contribution in [0.1, 0.15) is 40.0 Å². The van der Waals surface area contributed by atoms with Crippen molar-refractivity contribution in [2.45, 2.75) is 40.0 Å². The molecule has 0 rings (SSSR count). The van der Waals surface area contributed by atoms with E-state index < -0.39 is 10.0 Å². The summed E-state index contributed by atoms with van der Waals surface area (Å²) in [6, 6.07) is 0. The van der Waals surface area contributed by atoms with Crippen molar-refractivity contribution in [2.24, 2.45) is 10.5 Å². The van der Waals surface area contributed by atoms with Crippen LogP contribution in [0.15, 0.2) is 5.11 Å². The maximum Gasteiger partial charge on any atom is 0.211 e. The quantitative estimate of drug-likeness (QED) is 0.315. The second-order valence-corrected chi connectivity index (χ2v) is 7.11. The fraction of sp³-hybridized carbons (Fsp3) is 1.00. The van der Waals surface area contributed by atoms with Gasteiger partial charge in [-0.1, -0.05) is 25.9 Å². The Kier molecular flexibility index (Phi) is 7.18. The van der Waals surface area contributed by atoms with Crippen LogP contribution in [0.4, 0.5) is 0 Å². The molecule has 6 nitrogen and oxygen atoms in total. The van der Waals surface area contributed by atoms with Gasteiger partial charge in [0.2, 0.25) is 10.0 Å². The van der Waals surface area contributed by atoms with E-state index in [4.69, 9.17) is 5.53 Å². The predicted octanol–water partition coefficient (Wildman–Crippen LogP) is 2.43. The first-order valence-electron chi connectivity index (χ1n) is 5.75. The number of hydrogen-bond acceptors (Lipinski definition) is 3. The van der Waals surface area contributed by atoms with Crippen molar-refractivity contribution in [1.29, 1.82) is 0 Å². The monoisotopic (exact) mass is 262 g/mol. The topological polar surface area (TPSA) is 94.9 Å². The van der Waals surface area contributed by atoms with Gasteiger partial charge in [-0.15, -0.1) is 0 Å². The molecule has 0 amide bonds. The van der Waals surface area contributed by atoms with Crippen LogP contribution in [0.25, 0.3) is 10.4 Å². The number of unbranched alkanes of at least 4 members (excludes halogenated alkanes) is 1. The second kappa shape index (κ2) is 7.53. The van der Waals surface area contributed by atoms with Gasteiger partial charge in [0.25, 0.3) is 0 Å². The molecule has 0 heterocycles. The molecule has 0 radical (unpaired) electrons. The van der Waals surface area contributed by atoms with E-state index in [1.807, 2.05) is 20.8 Å². The Labute approximate surface area is 103 Å². The molecule has 0 aliphatic carbocycles. The van der Waals surface area contributed by atoms with Crippen LogP contribution in [0.3, 0.4) is 0 Å². The minimum absolute atomic E-state index is 0.0241. The lowest BCUT2D eigenvalue weighted by Crippen LogP contribution is -2.29. The molecule has 0 spiro atoms. The van der Waals surface area contributed by atoms with Gasteiger partial charge < -0.3 is 0 Å². The molecule has 0 aliphatic heterocycles. The van der Waals surface area contributed by atoms with Gasteiger partial charge in [0.05, 0.1) is 5.75 Å². The number of hydrogen-bond donors (Lipinski definition) is 1. The van der Waals surface area contributed by atoms with Gasteiger partial charge in [-0.2, -0.15) is 0 Å². The van der Waals surface area contributed by atoms with Crippen molar-refractivity contribution in [3.63, 3.8) is 0 Å². The van der Waals surface area contributed by atoms with Crippen LogP contribution in [0.2, 0.25) is 0 Å². The maximum absolute atomic E-state index is 11.6. The van der Waals surface area contributed by atoms with Crippen LogP contribution < -0.4 is 4.72 Å². The molecule has 0 fully saturated rings. The number of nitrogens with zero attached hydrogens (tertiary/aromatic N) is 3. The van der Waals surface area contributed by atoms with E-state index in [0.717, 1.165) is 0 Å². The van der Waals surface area contributed by atoms with Crippen LogP contribution in [0.5, 0.6) is 0 Å². The van der Waals surface area contributed by atoms with Crippen molar-refractivity contribution in [3.05, 3.63) is 10.4 Å². The summed E-state index contributed by atoms with van der Waals surface area (Å²) in [6.45, 7) is 6.88. The zero-order valence-corrected chi connectivity index (χ0v) is 11.6. The van der Waals surface area contributed by atoms with Gasteiger partial charge in [0.1, 0.15) is 0 Å². The fourth-order valence-electron chi connectivity index (χ4n) is 1.09. The molecule has 0 aromatic heterocycles. The standard InChI is InChI=1S/C10H22N4O2S/c1-10(2,3)6-9-17(15,16)13-8-5-4-7-12-14-11/h13H,4-9H2,1-3H3. The Morgan fingerprint density at radius 2 is 1.94 bits per heavy atom. The molecule has 0 saturated heterocycles. The van der Waals surface area contributed by atoms with E-state index in [0.29, 0.717) is 32.4 Å². The SMILES string of the molecule is CC(C)(C)CCS(=O)(=O)NCCCCN=[N+]=[N-]. The molecule has 0 aromatic carbocycles. The van der Waals surface area contributed by atoms with E-state index >= 15 is 0 Å². The molecule has 0 aliphatic rings. The van der Waals surface area contributed by atoms with E-state index in [1.165, 1.54) is 0 Å². The summed E-state index contributed by atoms with van der Waals surface area (Å²) >= 11 is 0. The lowest BCUT2D eigenvalue weighted by molar-refractivity contribution is 0.396. The summed E-state index contributed by atoms with van der Waals surface area (Å²) in [4.78, 5) is 2.62. The lowest BCUT2D eigenvalue weighted by atomic mass is 9.94. The molecule has 0 saturated carbocycles. The van der Waals surface area contributed by atoms with Crippen molar-refractivity contribution in [1.82, 2.24) is 4.72 Å². The highest BCUT2D eigenvalue weighted by atomic mass is 32.2. The molecule has 0 atom stereocenters. The average Bonchev–Trinajstić information content (AvgIpc) is 2.20. The van der Waals surface area contributed by atoms with Crippen molar-refractivity contribution in [2.75, 3.05) is 18.8 Å². The highest BCUT2D eigenvalue weighted by molar-refractivity contribution is 7.89. The van der Waals surface area contributed by atoms with Gasteiger partial charge in [0.15, 0.2) is 0 Å². The van der Waals surface area contributed by atoms with Crippen molar-refractivity contribution in [3.8, 4) is 0 Å². The summed E-state index contributed by atoms with van der Waals surface area (Å²) in [6.07, 6.45) is 2.03. The van der Waals surface area contributed by atoms with Crippen molar-refractivity contribution < 1.29 is 8.42 Å². The van der Waals surface area contributed by atoms with Gasteiger partial charge in [0, 0.05) is 18.0 Å². The third-order valence-corrected chi connectivity index (χ3v) is 3.58. The Morgan fingerprint density at radius 1 is 1.29 bits per heavy atom. The van der Waals surface area contributed by atoms with Crippen LogP contribution in [0, 0.1) is 5.41 Å². The summed E-state index contributed by atoms with van der Waals surface area (Å²) in [5.74, 6) is 0.160. The largest absolute Gasteiger partial charge is 0.215 e. The molecular weight excluding hydrogens is 240 g/mol. The predicted molar refractivity (Wildman–Crippen MR) is 69.1 cm³/mol. The highest BCUT2D eigenvalue weighted by Gasteiger charge is 2.16. The molecular formula is C10H22N4O2S. The Balaban J connectivity index is 3.75. The Bertz CT molecular complexity index is 353. The van der Waals surface area contributed by atoms with Gasteiger partial charge in [-0.05, 0) is 30.2 Å². The summed E-state index contributed by atoms with van der Waals surface area (Å²) < 4.78 is 25.7. The van der Waals surface area contributed by atoms with E-state index in [9.17, 15) is 8.42 Å². The first kappa shape index (κ1) is 16.2. The molecule has 7 heteroatoms. The van der Waals surface area contributed by atoms with E-state index in [1.54, 1.807) is 0 Å². The summed E-state index contributed by atoms with van der Waals surface area (Å²) in [5, 5.41) is 3.38. The van der Waals surface area contributed by atoms with E-state index in [-0.39, 0.29) is 11.2 Å². The minimum atomic E-state index is -3.16. The normalized spacial score (nSPS) is 12.2. The molecule has 0 aromatic rings. The van der Waals surface area contributed by atoms with E-state index in [2.05, 4.69) is 14.7 Å².